The highest BCUT2D eigenvalue weighted by Gasteiger charge is 1.77. The van der Waals surface area contributed by atoms with Crippen molar-refractivity contribution in [3.8, 4) is 0 Å². The maximum atomic E-state index is 7.62. The highest BCUT2D eigenvalue weighted by Crippen LogP contribution is 2.27. The molecule has 4 N–H and O–H groups in total. The van der Waals surface area contributed by atoms with E-state index in [1.165, 1.54) is 0 Å². The van der Waals surface area contributed by atoms with E-state index in [9.17, 15) is 0 Å². The number of halogens is 1. The summed E-state index contributed by atoms with van der Waals surface area (Å²) < 4.78 is 0. The van der Waals surface area contributed by atoms with E-state index in [1.807, 2.05) is 0 Å². The molecule has 0 aliphatic heterocycles. The topological polar surface area (TPSA) is 80.9 Å². The highest BCUT2D eigenvalue weighted by atomic mass is 35.7. The van der Waals surface area contributed by atoms with E-state index in [0.29, 0.717) is 0 Å². The molecule has 0 rings (SSSR count). The number of hydrogen-bond acceptors (Lipinski definition) is 4. The van der Waals surface area contributed by atoms with E-state index in [1.54, 1.807) is 0 Å². The van der Waals surface area contributed by atoms with Crippen molar-refractivity contribution >= 4 is 19.0 Å². The first-order chi connectivity index (χ1) is 3.65. The minimum atomic E-state index is -2.15. The van der Waals surface area contributed by atoms with Gasteiger partial charge in [-0.3, -0.25) is 0 Å². The van der Waals surface area contributed by atoms with Gasteiger partial charge in [-0.05, 0) is 11.2 Å². The standard InChI is InChI=1S/C2H6O2.ClH2O2P/c3-1-2-4;1-4(2)3/h3-4H,1-2H2;2-3H. The maximum Gasteiger partial charge on any atom is 0.271 e. The van der Waals surface area contributed by atoms with Crippen LogP contribution in [0, 0.1) is 0 Å². The second-order valence-corrected chi connectivity index (χ2v) is 2.08. The van der Waals surface area contributed by atoms with Gasteiger partial charge in [-0.25, -0.2) is 0 Å². The zero-order chi connectivity index (χ0) is 6.99. The molecule has 0 aliphatic carbocycles. The zero-order valence-electron chi connectivity index (χ0n) is 4.03. The van der Waals surface area contributed by atoms with Gasteiger partial charge in [0.15, 0.2) is 0 Å². The molecule has 0 spiro atoms. The molecule has 0 bridgehead atoms. The Morgan fingerprint density at radius 2 is 1.25 bits per heavy atom. The van der Waals surface area contributed by atoms with Gasteiger partial charge in [-0.15, -0.1) is 0 Å². The maximum absolute atomic E-state index is 7.62. The molecule has 0 aromatic carbocycles. The van der Waals surface area contributed by atoms with Crippen LogP contribution in [0.3, 0.4) is 0 Å². The third-order valence-electron chi connectivity index (χ3n) is 0.1000. The van der Waals surface area contributed by atoms with Crippen LogP contribution in [-0.2, 0) is 0 Å². The molecule has 0 heterocycles. The summed E-state index contributed by atoms with van der Waals surface area (Å²) in [5, 5.41) is 15.2. The van der Waals surface area contributed by atoms with Crippen LogP contribution in [-0.4, -0.2) is 33.2 Å². The molecule has 0 amide bonds. The number of rotatable bonds is 1. The van der Waals surface area contributed by atoms with Crippen molar-refractivity contribution in [3.63, 3.8) is 0 Å². The molecule has 4 nitrogen and oxygen atoms in total. The van der Waals surface area contributed by atoms with Gasteiger partial charge in [0.05, 0.1) is 13.2 Å². The van der Waals surface area contributed by atoms with Crippen molar-refractivity contribution in [2.45, 2.75) is 0 Å². The van der Waals surface area contributed by atoms with Gasteiger partial charge in [0.25, 0.3) is 7.73 Å². The SMILES string of the molecule is OCCO.OP(O)Cl. The van der Waals surface area contributed by atoms with Crippen molar-refractivity contribution in [2.75, 3.05) is 13.2 Å². The zero-order valence-corrected chi connectivity index (χ0v) is 5.68. The Bertz CT molecular complexity index is 30.5. The first-order valence-corrected chi connectivity index (χ1v) is 3.85. The molecule has 0 aromatic heterocycles. The van der Waals surface area contributed by atoms with Crippen molar-refractivity contribution in [1.29, 1.82) is 0 Å². The Hall–Kier alpha value is 0.560. The minimum absolute atomic E-state index is 0.125. The van der Waals surface area contributed by atoms with E-state index < -0.39 is 7.73 Å². The van der Waals surface area contributed by atoms with E-state index in [-0.39, 0.29) is 13.2 Å². The van der Waals surface area contributed by atoms with Crippen LogP contribution in [0.4, 0.5) is 0 Å². The summed E-state index contributed by atoms with van der Waals surface area (Å²) in [4.78, 5) is 14.9. The number of aliphatic hydroxyl groups is 2. The lowest BCUT2D eigenvalue weighted by molar-refractivity contribution is 0.186. The minimum Gasteiger partial charge on any atom is -0.394 e. The molecular formula is C2H8ClO4P. The predicted octanol–water partition coefficient (Wildman–Crippen LogP) is -0.592. The van der Waals surface area contributed by atoms with E-state index in [4.69, 9.17) is 20.0 Å². The summed E-state index contributed by atoms with van der Waals surface area (Å²) in [6, 6.07) is 0. The van der Waals surface area contributed by atoms with Crippen LogP contribution in [0.25, 0.3) is 0 Å². The number of hydrogen-bond donors (Lipinski definition) is 4. The van der Waals surface area contributed by atoms with Gasteiger partial charge in [0.2, 0.25) is 0 Å². The van der Waals surface area contributed by atoms with Gasteiger partial charge in [0.1, 0.15) is 0 Å². The molecule has 8 heavy (non-hydrogen) atoms. The fourth-order valence-electron chi connectivity index (χ4n) is 0. The fraction of sp³-hybridized carbons (Fsp3) is 1.00. The van der Waals surface area contributed by atoms with E-state index in [0.717, 1.165) is 0 Å². The second-order valence-electron chi connectivity index (χ2n) is 0.688. The van der Waals surface area contributed by atoms with Crippen LogP contribution in [0.1, 0.15) is 0 Å². The van der Waals surface area contributed by atoms with Gasteiger partial charge in [-0.2, -0.15) is 0 Å². The lowest BCUT2D eigenvalue weighted by Gasteiger charge is -1.74. The summed E-state index contributed by atoms with van der Waals surface area (Å²) >= 11 is 4.45. The third-order valence-corrected chi connectivity index (χ3v) is 0.1000. The molecule has 0 aliphatic rings. The van der Waals surface area contributed by atoms with Crippen molar-refractivity contribution < 1.29 is 20.0 Å². The lowest BCUT2D eigenvalue weighted by Crippen LogP contribution is -1.85. The van der Waals surface area contributed by atoms with E-state index >= 15 is 0 Å². The molecule has 6 heteroatoms. The molecule has 0 radical (unpaired) electrons. The van der Waals surface area contributed by atoms with Crippen molar-refractivity contribution in [3.05, 3.63) is 0 Å². The average Bonchev–Trinajstić information content (AvgIpc) is 1.65. The van der Waals surface area contributed by atoms with Crippen LogP contribution in [0.15, 0.2) is 0 Å². The normalized spacial score (nSPS) is 8.25. The molecule has 52 valence electrons. The number of aliphatic hydroxyl groups excluding tert-OH is 2. The average molecular weight is 163 g/mol. The Balaban J connectivity index is 0. The first kappa shape index (κ1) is 11.4. The van der Waals surface area contributed by atoms with Gasteiger partial charge in [0, 0.05) is 0 Å². The first-order valence-electron chi connectivity index (χ1n) is 1.70. The lowest BCUT2D eigenvalue weighted by atomic mass is 10.8. The summed E-state index contributed by atoms with van der Waals surface area (Å²) in [7, 11) is -2.15. The van der Waals surface area contributed by atoms with Crippen LogP contribution < -0.4 is 0 Å². The Kier molecular flexibility index (Phi) is 15.0. The van der Waals surface area contributed by atoms with Gasteiger partial charge >= 0.3 is 0 Å². The molecule has 0 saturated heterocycles. The van der Waals surface area contributed by atoms with E-state index in [2.05, 4.69) is 11.2 Å². The molecule has 0 atom stereocenters. The van der Waals surface area contributed by atoms with Gasteiger partial charge in [-0.1, -0.05) is 0 Å². The summed E-state index contributed by atoms with van der Waals surface area (Å²) in [5.41, 5.74) is 0. The smallest absolute Gasteiger partial charge is 0.271 e. The largest absolute Gasteiger partial charge is 0.394 e. The van der Waals surface area contributed by atoms with Gasteiger partial charge < -0.3 is 20.0 Å². The summed E-state index contributed by atoms with van der Waals surface area (Å²) in [5.74, 6) is 0. The Morgan fingerprint density at radius 3 is 1.25 bits per heavy atom. The van der Waals surface area contributed by atoms with Crippen LogP contribution in [0.2, 0.25) is 0 Å². The molecule has 0 aromatic rings. The summed E-state index contributed by atoms with van der Waals surface area (Å²) in [6.07, 6.45) is 0. The highest BCUT2D eigenvalue weighted by molar-refractivity contribution is 7.74. The monoisotopic (exact) mass is 162 g/mol. The summed E-state index contributed by atoms with van der Waals surface area (Å²) in [6.45, 7) is -0.250. The molecule has 0 fully saturated rings. The third kappa shape index (κ3) is 83.3. The Morgan fingerprint density at radius 1 is 1.12 bits per heavy atom. The predicted molar refractivity (Wildman–Crippen MR) is 31.4 cm³/mol. The van der Waals surface area contributed by atoms with Crippen LogP contribution >= 0.6 is 19.0 Å². The molecule has 0 unspecified atom stereocenters. The van der Waals surface area contributed by atoms with Crippen molar-refractivity contribution in [2.24, 2.45) is 0 Å². The van der Waals surface area contributed by atoms with Crippen LogP contribution in [0.5, 0.6) is 0 Å². The quantitative estimate of drug-likeness (QED) is 0.389. The Labute approximate surface area is 53.1 Å². The molecule has 0 saturated carbocycles. The second kappa shape index (κ2) is 10.5. The van der Waals surface area contributed by atoms with Crippen molar-refractivity contribution in [1.82, 2.24) is 0 Å². The molecular weight excluding hydrogens is 154 g/mol. The fourth-order valence-corrected chi connectivity index (χ4v) is 0.